The number of fused-ring (bicyclic) bond motifs is 1. The van der Waals surface area contributed by atoms with Gasteiger partial charge in [-0.15, -0.1) is 22.7 Å². The molecule has 0 fully saturated rings. The largest absolute Gasteiger partial charge is 0.380 e. The van der Waals surface area contributed by atoms with Crippen LogP contribution in [0.1, 0.15) is 26.4 Å². The van der Waals surface area contributed by atoms with Gasteiger partial charge in [-0.2, -0.15) is 26.3 Å². The normalized spacial score (nSPS) is 18.7. The van der Waals surface area contributed by atoms with Crippen molar-refractivity contribution in [2.45, 2.75) is 38.5 Å². The van der Waals surface area contributed by atoms with Crippen molar-refractivity contribution in [1.29, 1.82) is 0 Å². The summed E-state index contributed by atoms with van der Waals surface area (Å²) in [5.41, 5.74) is -2.02. The Morgan fingerprint density at radius 3 is 1.79 bits per heavy atom. The second kappa shape index (κ2) is 7.46. The average molecular weight is 509 g/mol. The number of halogens is 6. The maximum Gasteiger partial charge on any atom is 0.380 e. The summed E-state index contributed by atoms with van der Waals surface area (Å²) < 4.78 is 92.0. The van der Waals surface area contributed by atoms with Gasteiger partial charge in [-0.25, -0.2) is 0 Å². The van der Waals surface area contributed by atoms with E-state index in [1.54, 1.807) is 48.5 Å². The highest BCUT2D eigenvalue weighted by Crippen LogP contribution is 2.67. The molecule has 2 aromatic carbocycles. The molecule has 0 aliphatic heterocycles. The van der Waals surface area contributed by atoms with Crippen molar-refractivity contribution in [3.05, 3.63) is 81.0 Å². The van der Waals surface area contributed by atoms with E-state index in [-0.39, 0.29) is 31.8 Å². The van der Waals surface area contributed by atoms with Gasteiger partial charge in [0.25, 0.3) is 0 Å². The van der Waals surface area contributed by atoms with Gasteiger partial charge in [-0.3, -0.25) is 0 Å². The van der Waals surface area contributed by atoms with Crippen LogP contribution in [-0.2, 0) is 0 Å². The molecular weight excluding hydrogens is 490 g/mol. The average Bonchev–Trinajstić information content (AvgIpc) is 3.29. The molecule has 2 aromatic heterocycles. The van der Waals surface area contributed by atoms with Crippen molar-refractivity contribution < 1.29 is 26.3 Å². The molecule has 0 nitrogen and oxygen atoms in total. The number of benzene rings is 2. The highest BCUT2D eigenvalue weighted by atomic mass is 32.1. The van der Waals surface area contributed by atoms with Crippen LogP contribution >= 0.6 is 22.7 Å². The minimum absolute atomic E-state index is 0.226. The van der Waals surface area contributed by atoms with E-state index in [1.807, 2.05) is 0 Å². The zero-order valence-corrected chi connectivity index (χ0v) is 19.9. The Kier molecular flexibility index (Phi) is 5.08. The zero-order valence-electron chi connectivity index (χ0n) is 18.3. The fraction of sp³-hybridized carbons (Fsp3) is 0.231. The van der Waals surface area contributed by atoms with E-state index in [1.165, 1.54) is 26.8 Å². The summed E-state index contributed by atoms with van der Waals surface area (Å²) >= 11 is 2.25. The first-order valence-corrected chi connectivity index (χ1v) is 12.1. The van der Waals surface area contributed by atoms with Crippen LogP contribution < -0.4 is 0 Å². The van der Waals surface area contributed by atoms with E-state index >= 15 is 17.6 Å². The number of hydrogen-bond donors (Lipinski definition) is 0. The minimum Gasteiger partial charge on any atom is -0.194 e. The Balaban J connectivity index is 1.92. The SMILES string of the molecule is Cc1sc(-c2ccccc2)c(C)c1C1=C(c2c(C)sc3ccccc23)C(F)(F)C(F)(F)C1(F)F. The summed E-state index contributed by atoms with van der Waals surface area (Å²) in [5.74, 6) is -15.7. The highest BCUT2D eigenvalue weighted by Gasteiger charge is 2.80. The zero-order chi connectivity index (χ0) is 24.6. The van der Waals surface area contributed by atoms with Gasteiger partial charge in [0.05, 0.1) is 0 Å². The molecule has 34 heavy (non-hydrogen) atoms. The molecule has 5 rings (SSSR count). The second-order valence-electron chi connectivity index (χ2n) is 8.36. The second-order valence-corrected chi connectivity index (χ2v) is 10.8. The van der Waals surface area contributed by atoms with Crippen LogP contribution in [0, 0.1) is 20.8 Å². The predicted molar refractivity (Wildman–Crippen MR) is 127 cm³/mol. The lowest BCUT2D eigenvalue weighted by atomic mass is 9.90. The topological polar surface area (TPSA) is 0 Å². The van der Waals surface area contributed by atoms with Gasteiger partial charge in [0.1, 0.15) is 0 Å². The van der Waals surface area contributed by atoms with Crippen molar-refractivity contribution >= 4 is 43.9 Å². The maximum atomic E-state index is 15.4. The third-order valence-corrected chi connectivity index (χ3v) is 8.64. The molecule has 0 saturated heterocycles. The third-order valence-electron chi connectivity index (χ3n) is 6.30. The van der Waals surface area contributed by atoms with Crippen LogP contribution in [0.2, 0.25) is 0 Å². The summed E-state index contributed by atoms with van der Waals surface area (Å²) in [5, 5.41) is 0.263. The van der Waals surface area contributed by atoms with Gasteiger partial charge in [0, 0.05) is 47.0 Å². The molecule has 0 N–H and O–H groups in total. The molecule has 2 heterocycles. The molecule has 8 heteroatoms. The number of hydrogen-bond acceptors (Lipinski definition) is 2. The maximum absolute atomic E-state index is 15.4. The molecule has 0 spiro atoms. The van der Waals surface area contributed by atoms with E-state index in [2.05, 4.69) is 0 Å². The van der Waals surface area contributed by atoms with Gasteiger partial charge < -0.3 is 0 Å². The standard InChI is InChI=1S/C26H18F6S2/c1-13-19(14(2)34-23(13)16-9-5-4-6-10-16)21-22(25(29,30)26(31,32)24(21,27)28)20-15(3)33-18-12-8-7-11-17(18)20/h4-12H,1-3H3. The molecule has 176 valence electrons. The van der Waals surface area contributed by atoms with Crippen LogP contribution in [0.15, 0.2) is 54.6 Å². The Labute approximate surface area is 200 Å². The number of allylic oxidation sites excluding steroid dienone is 2. The highest BCUT2D eigenvalue weighted by molar-refractivity contribution is 7.19. The van der Waals surface area contributed by atoms with E-state index in [4.69, 9.17) is 0 Å². The molecule has 0 amide bonds. The van der Waals surface area contributed by atoms with Crippen LogP contribution in [0.5, 0.6) is 0 Å². The van der Waals surface area contributed by atoms with Gasteiger partial charge in [-0.05, 0) is 38.0 Å². The first kappa shape index (κ1) is 23.2. The molecular formula is C26H18F6S2. The number of thiophene rings is 2. The fourth-order valence-corrected chi connectivity index (χ4v) is 7.00. The predicted octanol–water partition coefficient (Wildman–Crippen LogP) is 9.39. The molecule has 0 bridgehead atoms. The van der Waals surface area contributed by atoms with Crippen molar-refractivity contribution in [2.75, 3.05) is 0 Å². The molecule has 1 aliphatic rings. The lowest BCUT2D eigenvalue weighted by Gasteiger charge is -2.26. The number of alkyl halides is 6. The van der Waals surface area contributed by atoms with E-state index in [0.29, 0.717) is 15.1 Å². The van der Waals surface area contributed by atoms with Crippen molar-refractivity contribution in [3.63, 3.8) is 0 Å². The Morgan fingerprint density at radius 2 is 1.15 bits per heavy atom. The summed E-state index contributed by atoms with van der Waals surface area (Å²) in [6.07, 6.45) is 0. The van der Waals surface area contributed by atoms with Crippen LogP contribution in [0.3, 0.4) is 0 Å². The van der Waals surface area contributed by atoms with E-state index in [0.717, 1.165) is 22.7 Å². The molecule has 0 saturated carbocycles. The summed E-state index contributed by atoms with van der Waals surface area (Å²) in [6, 6.07) is 15.3. The van der Waals surface area contributed by atoms with Crippen molar-refractivity contribution in [2.24, 2.45) is 0 Å². The van der Waals surface area contributed by atoms with Crippen LogP contribution in [0.4, 0.5) is 26.3 Å². The third kappa shape index (κ3) is 2.91. The lowest BCUT2D eigenvalue weighted by Crippen LogP contribution is -2.49. The first-order valence-electron chi connectivity index (χ1n) is 10.4. The summed E-state index contributed by atoms with van der Waals surface area (Å²) in [6.45, 7) is 4.53. The number of rotatable bonds is 3. The Morgan fingerprint density at radius 1 is 0.618 bits per heavy atom. The Hall–Kier alpha value is -2.58. The Bertz CT molecular complexity index is 1460. The van der Waals surface area contributed by atoms with Gasteiger partial charge in [-0.1, -0.05) is 48.5 Å². The van der Waals surface area contributed by atoms with Gasteiger partial charge in [0.2, 0.25) is 0 Å². The molecule has 4 aromatic rings. The molecule has 0 atom stereocenters. The smallest absolute Gasteiger partial charge is 0.194 e. The summed E-state index contributed by atoms with van der Waals surface area (Å²) in [4.78, 5) is 1.16. The fourth-order valence-electron chi connectivity index (χ4n) is 4.75. The van der Waals surface area contributed by atoms with Gasteiger partial charge >= 0.3 is 17.8 Å². The first-order chi connectivity index (χ1) is 15.9. The van der Waals surface area contributed by atoms with E-state index in [9.17, 15) is 8.78 Å². The lowest BCUT2D eigenvalue weighted by molar-refractivity contribution is -0.254. The molecule has 0 unspecified atom stereocenters. The molecule has 1 aliphatic carbocycles. The van der Waals surface area contributed by atoms with Crippen molar-refractivity contribution in [3.8, 4) is 10.4 Å². The van der Waals surface area contributed by atoms with Gasteiger partial charge in [0.15, 0.2) is 0 Å². The van der Waals surface area contributed by atoms with E-state index < -0.39 is 28.9 Å². The summed E-state index contributed by atoms with van der Waals surface area (Å²) in [7, 11) is 0. The van der Waals surface area contributed by atoms with Crippen molar-refractivity contribution in [1.82, 2.24) is 0 Å². The monoisotopic (exact) mass is 508 g/mol. The number of aryl methyl sites for hydroxylation is 2. The minimum atomic E-state index is -5.58. The quantitative estimate of drug-likeness (QED) is 0.242. The van der Waals surface area contributed by atoms with Crippen LogP contribution in [0.25, 0.3) is 31.7 Å². The van der Waals surface area contributed by atoms with Crippen LogP contribution in [-0.4, -0.2) is 17.8 Å². The molecule has 0 radical (unpaired) electrons.